The Hall–Kier alpha value is -0.550. The van der Waals surface area contributed by atoms with Crippen molar-refractivity contribution in [3.63, 3.8) is 0 Å². The monoisotopic (exact) mass is 192 g/mol. The molecule has 0 aromatic rings. The van der Waals surface area contributed by atoms with E-state index in [4.69, 9.17) is 6.57 Å². The van der Waals surface area contributed by atoms with Crippen molar-refractivity contribution < 1.29 is 0 Å². The van der Waals surface area contributed by atoms with Crippen molar-refractivity contribution in [2.75, 3.05) is 19.6 Å². The van der Waals surface area contributed by atoms with Gasteiger partial charge in [-0.2, -0.15) is 0 Å². The van der Waals surface area contributed by atoms with Crippen molar-refractivity contribution in [2.45, 2.75) is 44.6 Å². The molecule has 78 valence electrons. The van der Waals surface area contributed by atoms with Crippen LogP contribution in [-0.4, -0.2) is 30.6 Å². The van der Waals surface area contributed by atoms with E-state index in [0.717, 1.165) is 12.6 Å². The Balaban J connectivity index is 1.84. The van der Waals surface area contributed by atoms with Crippen LogP contribution in [0.1, 0.15) is 38.5 Å². The van der Waals surface area contributed by atoms with Crippen LogP contribution in [0.4, 0.5) is 0 Å². The zero-order valence-corrected chi connectivity index (χ0v) is 8.91. The summed E-state index contributed by atoms with van der Waals surface area (Å²) in [6.07, 6.45) is 8.26. The first-order valence-corrected chi connectivity index (χ1v) is 5.97. The maximum Gasteiger partial charge on any atom is 0.218 e. The predicted molar refractivity (Wildman–Crippen MR) is 58.0 cm³/mol. The highest BCUT2D eigenvalue weighted by atomic mass is 15.2. The molecule has 0 amide bonds. The Morgan fingerprint density at radius 2 is 1.93 bits per heavy atom. The fourth-order valence-corrected chi connectivity index (χ4v) is 2.98. The summed E-state index contributed by atoms with van der Waals surface area (Å²) < 4.78 is 0. The van der Waals surface area contributed by atoms with Crippen molar-refractivity contribution in [1.82, 2.24) is 4.90 Å². The van der Waals surface area contributed by atoms with E-state index in [1.54, 1.807) is 0 Å². The number of rotatable bonds is 2. The summed E-state index contributed by atoms with van der Waals surface area (Å²) in [6.45, 7) is 10.2. The highest BCUT2D eigenvalue weighted by Gasteiger charge is 2.28. The van der Waals surface area contributed by atoms with Gasteiger partial charge in [0.2, 0.25) is 6.54 Å². The molecular weight excluding hydrogens is 172 g/mol. The molecule has 2 aliphatic rings. The van der Waals surface area contributed by atoms with Gasteiger partial charge in [-0.3, -0.25) is 4.90 Å². The molecule has 2 heteroatoms. The molecule has 0 spiro atoms. The molecule has 2 fully saturated rings. The van der Waals surface area contributed by atoms with Gasteiger partial charge in [0.1, 0.15) is 0 Å². The molecular formula is C12H20N2. The van der Waals surface area contributed by atoms with Gasteiger partial charge in [-0.1, -0.05) is 12.8 Å². The van der Waals surface area contributed by atoms with Gasteiger partial charge in [-0.05, 0) is 32.2 Å². The lowest BCUT2D eigenvalue weighted by atomic mass is 9.96. The molecule has 0 aromatic carbocycles. The fraction of sp³-hybridized carbons (Fsp3) is 0.917. The molecule has 0 bridgehead atoms. The Morgan fingerprint density at radius 3 is 2.64 bits per heavy atom. The lowest BCUT2D eigenvalue weighted by Crippen LogP contribution is -2.42. The van der Waals surface area contributed by atoms with Crippen LogP contribution in [0.2, 0.25) is 0 Å². The van der Waals surface area contributed by atoms with E-state index in [9.17, 15) is 0 Å². The van der Waals surface area contributed by atoms with Crippen LogP contribution >= 0.6 is 0 Å². The summed E-state index contributed by atoms with van der Waals surface area (Å²) >= 11 is 0. The van der Waals surface area contributed by atoms with Crippen LogP contribution in [0, 0.1) is 12.5 Å². The molecule has 14 heavy (non-hydrogen) atoms. The van der Waals surface area contributed by atoms with Crippen molar-refractivity contribution in [2.24, 2.45) is 5.92 Å². The predicted octanol–water partition coefficient (Wildman–Crippen LogP) is 2.56. The second kappa shape index (κ2) is 4.79. The number of likely N-dealkylation sites (tertiary alicyclic amines) is 1. The molecule has 0 N–H and O–H groups in total. The van der Waals surface area contributed by atoms with E-state index < -0.39 is 0 Å². The summed E-state index contributed by atoms with van der Waals surface area (Å²) in [5.41, 5.74) is 0. The summed E-state index contributed by atoms with van der Waals surface area (Å²) in [5.74, 6) is 0.668. The van der Waals surface area contributed by atoms with Crippen LogP contribution in [0.5, 0.6) is 0 Å². The SMILES string of the molecule is [C-]#[N+]CC1CCCN(C2CCCC2)C1. The highest BCUT2D eigenvalue weighted by molar-refractivity contribution is 4.84. The quantitative estimate of drug-likeness (QED) is 0.610. The van der Waals surface area contributed by atoms with Gasteiger partial charge in [-0.15, -0.1) is 0 Å². The average molecular weight is 192 g/mol. The van der Waals surface area contributed by atoms with E-state index in [-0.39, 0.29) is 0 Å². The van der Waals surface area contributed by atoms with Gasteiger partial charge in [0, 0.05) is 18.5 Å². The van der Waals surface area contributed by atoms with Gasteiger partial charge in [0.05, 0.1) is 0 Å². The molecule has 1 saturated carbocycles. The van der Waals surface area contributed by atoms with Gasteiger partial charge in [0.25, 0.3) is 0 Å². The third-order valence-electron chi connectivity index (χ3n) is 3.74. The van der Waals surface area contributed by atoms with Gasteiger partial charge >= 0.3 is 0 Å². The molecule has 1 saturated heterocycles. The minimum Gasteiger partial charge on any atom is -0.317 e. The van der Waals surface area contributed by atoms with E-state index in [1.165, 1.54) is 51.6 Å². The number of hydrogen-bond acceptors (Lipinski definition) is 1. The highest BCUT2D eigenvalue weighted by Crippen LogP contribution is 2.27. The first-order valence-electron chi connectivity index (χ1n) is 5.97. The minimum atomic E-state index is 0.668. The first kappa shape index (κ1) is 9.98. The lowest BCUT2D eigenvalue weighted by molar-refractivity contribution is 0.131. The molecule has 0 aromatic heterocycles. The maximum atomic E-state index is 6.92. The zero-order valence-electron chi connectivity index (χ0n) is 8.91. The second-order valence-electron chi connectivity index (χ2n) is 4.78. The topological polar surface area (TPSA) is 7.60 Å². The lowest BCUT2D eigenvalue weighted by Gasteiger charge is -2.35. The molecule has 1 heterocycles. The van der Waals surface area contributed by atoms with Crippen LogP contribution in [-0.2, 0) is 0 Å². The van der Waals surface area contributed by atoms with Crippen molar-refractivity contribution in [1.29, 1.82) is 0 Å². The van der Waals surface area contributed by atoms with Crippen LogP contribution in [0.15, 0.2) is 0 Å². The van der Waals surface area contributed by atoms with Gasteiger partial charge < -0.3 is 4.85 Å². The molecule has 1 aliphatic carbocycles. The maximum absolute atomic E-state index is 6.92. The van der Waals surface area contributed by atoms with E-state index in [0.29, 0.717) is 5.92 Å². The Kier molecular flexibility index (Phi) is 3.42. The number of hydrogen-bond donors (Lipinski definition) is 0. The first-order chi connectivity index (χ1) is 6.90. The third-order valence-corrected chi connectivity index (χ3v) is 3.74. The van der Waals surface area contributed by atoms with E-state index in [2.05, 4.69) is 9.74 Å². The van der Waals surface area contributed by atoms with Crippen molar-refractivity contribution in [3.05, 3.63) is 11.4 Å². The molecule has 0 radical (unpaired) electrons. The fourth-order valence-electron chi connectivity index (χ4n) is 2.98. The Labute approximate surface area is 87.1 Å². The summed E-state index contributed by atoms with van der Waals surface area (Å²) in [7, 11) is 0. The summed E-state index contributed by atoms with van der Waals surface area (Å²) in [4.78, 5) is 6.20. The van der Waals surface area contributed by atoms with E-state index in [1.807, 2.05) is 0 Å². The summed E-state index contributed by atoms with van der Waals surface area (Å²) in [5, 5.41) is 0. The normalized spacial score (nSPS) is 30.4. The molecule has 2 rings (SSSR count). The standard InChI is InChI=1S/C12H20N2/c1-13-9-11-5-4-8-14(10-11)12-6-2-3-7-12/h11-12H,2-10H2. The third kappa shape index (κ3) is 2.27. The second-order valence-corrected chi connectivity index (χ2v) is 4.78. The number of nitrogens with zero attached hydrogens (tertiary/aromatic N) is 2. The molecule has 1 unspecified atom stereocenters. The van der Waals surface area contributed by atoms with Crippen molar-refractivity contribution in [3.8, 4) is 0 Å². The van der Waals surface area contributed by atoms with Crippen LogP contribution < -0.4 is 0 Å². The zero-order chi connectivity index (χ0) is 9.80. The smallest absolute Gasteiger partial charge is 0.218 e. The van der Waals surface area contributed by atoms with E-state index >= 15 is 0 Å². The molecule has 1 atom stereocenters. The molecule has 2 nitrogen and oxygen atoms in total. The summed E-state index contributed by atoms with van der Waals surface area (Å²) in [6, 6.07) is 0.864. The van der Waals surface area contributed by atoms with Crippen LogP contribution in [0.25, 0.3) is 4.85 Å². The Bertz CT molecular complexity index is 213. The average Bonchev–Trinajstić information content (AvgIpc) is 2.71. The minimum absolute atomic E-state index is 0.668. The van der Waals surface area contributed by atoms with Gasteiger partial charge in [-0.25, -0.2) is 6.57 Å². The molecule has 1 aliphatic heterocycles. The number of piperidine rings is 1. The Morgan fingerprint density at radius 1 is 1.14 bits per heavy atom. The van der Waals surface area contributed by atoms with Gasteiger partial charge in [0.15, 0.2) is 0 Å². The van der Waals surface area contributed by atoms with Crippen LogP contribution in [0.3, 0.4) is 0 Å². The largest absolute Gasteiger partial charge is 0.317 e. The van der Waals surface area contributed by atoms with Crippen molar-refractivity contribution >= 4 is 0 Å².